The maximum atomic E-state index is 12.9. The number of likely N-dealkylation sites (tertiary alicyclic amines) is 1. The number of allylic oxidation sites excluding steroid dienone is 2. The maximum Gasteiger partial charge on any atom is 0.258 e. The number of nitrogens with zero attached hydrogens (tertiary/aromatic N) is 4. The van der Waals surface area contributed by atoms with Crippen molar-refractivity contribution in [1.29, 1.82) is 5.41 Å². The standard InChI is InChI=1S/C23H30N6O/c1-14(2)26-16(4)19(24)11-20(25)21-12-22(30)29-13-18(10-15(3)23(29)27-21)17-6-8-28(5)9-7-17/h10-13,17,24H,1,6-9,25H2,2-5H3/b20-11-,24-19?,26-16?. The molecule has 3 N–H and O–H groups in total. The average molecular weight is 407 g/mol. The van der Waals surface area contributed by atoms with Crippen LogP contribution in [-0.4, -0.2) is 45.8 Å². The van der Waals surface area contributed by atoms with Gasteiger partial charge in [0.05, 0.1) is 22.8 Å². The zero-order chi connectivity index (χ0) is 22.0. The monoisotopic (exact) mass is 406 g/mol. The van der Waals surface area contributed by atoms with Gasteiger partial charge in [-0.25, -0.2) is 4.98 Å². The Labute approximate surface area is 177 Å². The van der Waals surface area contributed by atoms with Crippen molar-refractivity contribution in [2.75, 3.05) is 20.1 Å². The molecule has 2 aromatic heterocycles. The van der Waals surface area contributed by atoms with E-state index in [1.54, 1.807) is 18.2 Å². The Kier molecular flexibility index (Phi) is 6.31. The summed E-state index contributed by atoms with van der Waals surface area (Å²) in [5.74, 6) is 0.455. The molecule has 2 aromatic rings. The van der Waals surface area contributed by atoms with Crippen LogP contribution in [0.1, 0.15) is 49.4 Å². The first-order valence-electron chi connectivity index (χ1n) is 10.2. The SMILES string of the molecule is C=C(C)N=C(C)C(=N)/C=C(\N)c1cc(=O)n2cc(C3CCN(C)CC3)cc(C)c2n1. The number of fused-ring (bicyclic) bond motifs is 1. The molecule has 0 spiro atoms. The van der Waals surface area contributed by atoms with E-state index in [-0.39, 0.29) is 17.0 Å². The van der Waals surface area contributed by atoms with Crippen molar-refractivity contribution in [3.05, 3.63) is 63.9 Å². The lowest BCUT2D eigenvalue weighted by molar-refractivity contribution is 0.255. The first kappa shape index (κ1) is 21.6. The summed E-state index contributed by atoms with van der Waals surface area (Å²) in [7, 11) is 2.14. The predicted octanol–water partition coefficient (Wildman–Crippen LogP) is 3.13. The Balaban J connectivity index is 1.98. The van der Waals surface area contributed by atoms with E-state index in [0.29, 0.717) is 28.7 Å². The molecule has 0 saturated carbocycles. The molecule has 0 radical (unpaired) electrons. The Morgan fingerprint density at radius 3 is 2.63 bits per heavy atom. The molecule has 1 saturated heterocycles. The Bertz CT molecular complexity index is 1120. The van der Waals surface area contributed by atoms with Crippen LogP contribution in [-0.2, 0) is 0 Å². The molecule has 0 aliphatic carbocycles. The molecular formula is C23H30N6O. The van der Waals surface area contributed by atoms with Gasteiger partial charge >= 0.3 is 0 Å². The van der Waals surface area contributed by atoms with Crippen LogP contribution < -0.4 is 11.3 Å². The second kappa shape index (κ2) is 8.75. The van der Waals surface area contributed by atoms with Crippen molar-refractivity contribution in [3.8, 4) is 0 Å². The normalized spacial score (nSPS) is 16.8. The van der Waals surface area contributed by atoms with Crippen LogP contribution >= 0.6 is 0 Å². The Morgan fingerprint density at radius 1 is 1.33 bits per heavy atom. The molecule has 7 heteroatoms. The van der Waals surface area contributed by atoms with Crippen LogP contribution in [0.5, 0.6) is 0 Å². The largest absolute Gasteiger partial charge is 0.397 e. The third-order valence-corrected chi connectivity index (χ3v) is 5.50. The molecule has 30 heavy (non-hydrogen) atoms. The summed E-state index contributed by atoms with van der Waals surface area (Å²) in [5.41, 5.74) is 10.6. The van der Waals surface area contributed by atoms with Gasteiger partial charge in [-0.05, 0) is 76.9 Å². The first-order valence-corrected chi connectivity index (χ1v) is 10.2. The van der Waals surface area contributed by atoms with Crippen LogP contribution in [0.3, 0.4) is 0 Å². The van der Waals surface area contributed by atoms with Crippen molar-refractivity contribution in [2.24, 2.45) is 10.7 Å². The van der Waals surface area contributed by atoms with E-state index in [2.05, 4.69) is 34.6 Å². The summed E-state index contributed by atoms with van der Waals surface area (Å²) in [5, 5.41) is 8.14. The lowest BCUT2D eigenvalue weighted by Crippen LogP contribution is -2.29. The summed E-state index contributed by atoms with van der Waals surface area (Å²) in [6.45, 7) is 11.3. The van der Waals surface area contributed by atoms with Crippen molar-refractivity contribution in [1.82, 2.24) is 14.3 Å². The number of aryl methyl sites for hydroxylation is 1. The number of piperidine rings is 1. The fourth-order valence-corrected chi connectivity index (χ4v) is 3.79. The van der Waals surface area contributed by atoms with Gasteiger partial charge in [-0.1, -0.05) is 12.6 Å². The van der Waals surface area contributed by atoms with E-state index in [4.69, 9.17) is 11.1 Å². The number of rotatable bonds is 5. The molecule has 0 bridgehead atoms. The summed E-state index contributed by atoms with van der Waals surface area (Å²) in [4.78, 5) is 24.0. The molecule has 1 fully saturated rings. The van der Waals surface area contributed by atoms with Crippen molar-refractivity contribution < 1.29 is 0 Å². The highest BCUT2D eigenvalue weighted by Gasteiger charge is 2.20. The van der Waals surface area contributed by atoms with E-state index < -0.39 is 0 Å². The molecule has 3 rings (SSSR count). The zero-order valence-corrected chi connectivity index (χ0v) is 18.2. The highest BCUT2D eigenvalue weighted by molar-refractivity contribution is 6.45. The number of pyridine rings is 1. The van der Waals surface area contributed by atoms with Crippen LogP contribution in [0, 0.1) is 12.3 Å². The van der Waals surface area contributed by atoms with Crippen LogP contribution in [0.15, 0.2) is 46.5 Å². The summed E-state index contributed by atoms with van der Waals surface area (Å²) in [6, 6.07) is 3.56. The van der Waals surface area contributed by atoms with Gasteiger partial charge in [0.1, 0.15) is 5.65 Å². The quantitative estimate of drug-likeness (QED) is 0.745. The van der Waals surface area contributed by atoms with Gasteiger partial charge in [-0.15, -0.1) is 0 Å². The highest BCUT2D eigenvalue weighted by Crippen LogP contribution is 2.28. The summed E-state index contributed by atoms with van der Waals surface area (Å²) in [6.07, 6.45) is 5.57. The van der Waals surface area contributed by atoms with Crippen LogP contribution in [0.2, 0.25) is 0 Å². The minimum absolute atomic E-state index is 0.159. The first-order chi connectivity index (χ1) is 14.2. The lowest BCUT2D eigenvalue weighted by atomic mass is 9.90. The topological polar surface area (TPSA) is 99.8 Å². The van der Waals surface area contributed by atoms with Gasteiger partial charge in [0, 0.05) is 18.0 Å². The third-order valence-electron chi connectivity index (χ3n) is 5.50. The number of aromatic nitrogens is 2. The molecule has 1 aliphatic heterocycles. The number of hydrogen-bond donors (Lipinski definition) is 2. The highest BCUT2D eigenvalue weighted by atomic mass is 16.1. The average Bonchev–Trinajstić information content (AvgIpc) is 2.68. The molecular weight excluding hydrogens is 376 g/mol. The van der Waals surface area contributed by atoms with Crippen molar-refractivity contribution in [2.45, 2.75) is 39.5 Å². The van der Waals surface area contributed by atoms with Gasteiger partial charge in [0.15, 0.2) is 0 Å². The minimum Gasteiger partial charge on any atom is -0.397 e. The second-order valence-electron chi connectivity index (χ2n) is 8.15. The Hall–Kier alpha value is -3.06. The predicted molar refractivity (Wildman–Crippen MR) is 123 cm³/mol. The molecule has 0 amide bonds. The third kappa shape index (κ3) is 4.74. The van der Waals surface area contributed by atoms with E-state index in [1.807, 2.05) is 13.1 Å². The zero-order valence-electron chi connectivity index (χ0n) is 18.2. The molecule has 3 heterocycles. The van der Waals surface area contributed by atoms with Gasteiger partial charge in [-0.3, -0.25) is 19.6 Å². The molecule has 0 atom stereocenters. The van der Waals surface area contributed by atoms with Crippen LogP contribution in [0.4, 0.5) is 0 Å². The molecule has 0 unspecified atom stereocenters. The van der Waals surface area contributed by atoms with Crippen LogP contribution in [0.25, 0.3) is 11.3 Å². The van der Waals surface area contributed by atoms with E-state index in [0.717, 1.165) is 31.5 Å². The number of nitrogens with two attached hydrogens (primary N) is 1. The lowest BCUT2D eigenvalue weighted by Gasteiger charge is -2.29. The van der Waals surface area contributed by atoms with Crippen molar-refractivity contribution >= 4 is 22.8 Å². The Morgan fingerprint density at radius 2 is 2.00 bits per heavy atom. The number of hydrogen-bond acceptors (Lipinski definition) is 6. The minimum atomic E-state index is -0.178. The van der Waals surface area contributed by atoms with E-state index in [9.17, 15) is 4.79 Å². The fourth-order valence-electron chi connectivity index (χ4n) is 3.79. The molecule has 158 valence electrons. The number of nitrogens with one attached hydrogen (secondary N) is 1. The van der Waals surface area contributed by atoms with E-state index in [1.165, 1.54) is 17.7 Å². The second-order valence-corrected chi connectivity index (χ2v) is 8.15. The fraction of sp³-hybridized carbons (Fsp3) is 0.391. The summed E-state index contributed by atoms with van der Waals surface area (Å²) < 4.78 is 1.61. The smallest absolute Gasteiger partial charge is 0.258 e. The van der Waals surface area contributed by atoms with E-state index >= 15 is 0 Å². The van der Waals surface area contributed by atoms with Gasteiger partial charge in [0.2, 0.25) is 0 Å². The maximum absolute atomic E-state index is 12.9. The molecule has 1 aliphatic rings. The number of aliphatic imine (C=N–C) groups is 1. The van der Waals surface area contributed by atoms with Gasteiger partial charge in [-0.2, -0.15) is 0 Å². The van der Waals surface area contributed by atoms with Crippen molar-refractivity contribution in [3.63, 3.8) is 0 Å². The van der Waals surface area contributed by atoms with Gasteiger partial charge in [0.25, 0.3) is 5.56 Å². The summed E-state index contributed by atoms with van der Waals surface area (Å²) >= 11 is 0. The molecule has 0 aromatic carbocycles. The van der Waals surface area contributed by atoms with Gasteiger partial charge < -0.3 is 10.6 Å². The molecule has 7 nitrogen and oxygen atoms in total.